The molecule has 0 aliphatic carbocycles. The van der Waals surface area contributed by atoms with Crippen LogP contribution in [0.1, 0.15) is 16.7 Å². The van der Waals surface area contributed by atoms with Crippen molar-refractivity contribution >= 4 is 23.0 Å². The Balaban J connectivity index is 1.52. The van der Waals surface area contributed by atoms with Crippen molar-refractivity contribution < 1.29 is 4.39 Å². The Kier molecular flexibility index (Phi) is 5.66. The zero-order valence-corrected chi connectivity index (χ0v) is 15.6. The third-order valence-electron chi connectivity index (χ3n) is 4.61. The van der Waals surface area contributed by atoms with Crippen LogP contribution in [0.15, 0.2) is 42.5 Å². The third-order valence-corrected chi connectivity index (χ3v) is 4.97. The van der Waals surface area contributed by atoms with E-state index in [9.17, 15) is 4.39 Å². The lowest BCUT2D eigenvalue weighted by atomic mass is 10.1. The molecule has 1 saturated heterocycles. The van der Waals surface area contributed by atoms with Crippen LogP contribution < -0.4 is 5.32 Å². The van der Waals surface area contributed by atoms with Gasteiger partial charge in [0.1, 0.15) is 5.82 Å². The van der Waals surface area contributed by atoms with E-state index in [1.807, 2.05) is 12.1 Å². The Bertz CT molecular complexity index is 737. The number of nitrogens with one attached hydrogen (secondary N) is 1. The lowest BCUT2D eigenvalue weighted by Gasteiger charge is -2.36. The van der Waals surface area contributed by atoms with Gasteiger partial charge in [-0.3, -0.25) is 4.90 Å². The van der Waals surface area contributed by atoms with Crippen LogP contribution in [0.25, 0.3) is 0 Å². The fourth-order valence-corrected chi connectivity index (χ4v) is 3.31. The average molecular weight is 357 g/mol. The molecule has 2 aromatic rings. The Labute approximate surface area is 154 Å². The normalized spacial score (nSPS) is 15.2. The molecule has 3 nitrogen and oxygen atoms in total. The molecule has 2 aromatic carbocycles. The molecule has 0 spiro atoms. The highest BCUT2D eigenvalue weighted by atomic mass is 32.1. The number of hydrogen-bond donors (Lipinski definition) is 1. The SMILES string of the molecule is Cc1ccc(C)c(NC(=S)N2CCN(Cc3ccc(F)cc3)CC2)c1. The smallest absolute Gasteiger partial charge is 0.173 e. The number of hydrogen-bond acceptors (Lipinski definition) is 2. The van der Waals surface area contributed by atoms with Crippen LogP contribution in [0.5, 0.6) is 0 Å². The number of aryl methyl sites for hydroxylation is 2. The van der Waals surface area contributed by atoms with Crippen molar-refractivity contribution in [1.29, 1.82) is 0 Å². The van der Waals surface area contributed by atoms with Gasteiger partial charge in [-0.05, 0) is 61.0 Å². The second-order valence-electron chi connectivity index (χ2n) is 6.64. The summed E-state index contributed by atoms with van der Waals surface area (Å²) in [6, 6.07) is 13.1. The van der Waals surface area contributed by atoms with Gasteiger partial charge in [0.2, 0.25) is 0 Å². The Hall–Kier alpha value is -1.98. The summed E-state index contributed by atoms with van der Waals surface area (Å²) in [4.78, 5) is 4.60. The van der Waals surface area contributed by atoms with Gasteiger partial charge in [-0.2, -0.15) is 0 Å². The number of halogens is 1. The summed E-state index contributed by atoms with van der Waals surface area (Å²) in [6.07, 6.45) is 0. The summed E-state index contributed by atoms with van der Waals surface area (Å²) in [7, 11) is 0. The standard InChI is InChI=1S/C20H24FN3S/c1-15-3-4-16(2)19(13-15)22-20(25)24-11-9-23(10-12-24)14-17-5-7-18(21)8-6-17/h3-8,13H,9-12,14H2,1-2H3,(H,22,25). The number of nitrogens with zero attached hydrogens (tertiary/aromatic N) is 2. The number of piperazine rings is 1. The van der Waals surface area contributed by atoms with Crippen LogP contribution in [0, 0.1) is 19.7 Å². The lowest BCUT2D eigenvalue weighted by Crippen LogP contribution is -2.49. The van der Waals surface area contributed by atoms with Gasteiger partial charge in [0.05, 0.1) is 0 Å². The Morgan fingerprint density at radius 3 is 2.40 bits per heavy atom. The molecule has 1 N–H and O–H groups in total. The van der Waals surface area contributed by atoms with Crippen LogP contribution in [0.4, 0.5) is 10.1 Å². The molecule has 1 heterocycles. The third kappa shape index (κ3) is 4.77. The van der Waals surface area contributed by atoms with Crippen molar-refractivity contribution in [3.63, 3.8) is 0 Å². The summed E-state index contributed by atoms with van der Waals surface area (Å²) in [5.74, 6) is -0.184. The first-order valence-electron chi connectivity index (χ1n) is 8.61. The van der Waals surface area contributed by atoms with Crippen LogP contribution in [0.3, 0.4) is 0 Å². The first kappa shape index (κ1) is 17.8. The summed E-state index contributed by atoms with van der Waals surface area (Å²) in [5, 5.41) is 4.18. The summed E-state index contributed by atoms with van der Waals surface area (Å²) < 4.78 is 13.0. The van der Waals surface area contributed by atoms with Crippen molar-refractivity contribution in [2.45, 2.75) is 20.4 Å². The molecule has 25 heavy (non-hydrogen) atoms. The van der Waals surface area contributed by atoms with E-state index in [4.69, 9.17) is 12.2 Å². The van der Waals surface area contributed by atoms with E-state index >= 15 is 0 Å². The van der Waals surface area contributed by atoms with E-state index in [-0.39, 0.29) is 5.82 Å². The van der Waals surface area contributed by atoms with Gasteiger partial charge < -0.3 is 10.2 Å². The molecular formula is C20H24FN3S. The second kappa shape index (κ2) is 7.93. The zero-order chi connectivity index (χ0) is 17.8. The van der Waals surface area contributed by atoms with E-state index in [0.29, 0.717) is 0 Å². The highest BCUT2D eigenvalue weighted by Crippen LogP contribution is 2.18. The zero-order valence-electron chi connectivity index (χ0n) is 14.8. The Morgan fingerprint density at radius 1 is 1.04 bits per heavy atom. The Morgan fingerprint density at radius 2 is 1.72 bits per heavy atom. The average Bonchev–Trinajstić information content (AvgIpc) is 2.61. The van der Waals surface area contributed by atoms with Crippen molar-refractivity contribution in [2.24, 2.45) is 0 Å². The van der Waals surface area contributed by atoms with Crippen molar-refractivity contribution in [2.75, 3.05) is 31.5 Å². The fraction of sp³-hybridized carbons (Fsp3) is 0.350. The minimum Gasteiger partial charge on any atom is -0.346 e. The van der Waals surface area contributed by atoms with Gasteiger partial charge in [-0.1, -0.05) is 24.3 Å². The minimum absolute atomic E-state index is 0.184. The van der Waals surface area contributed by atoms with E-state index in [1.54, 1.807) is 0 Å². The largest absolute Gasteiger partial charge is 0.346 e. The highest BCUT2D eigenvalue weighted by molar-refractivity contribution is 7.80. The maximum absolute atomic E-state index is 13.0. The van der Waals surface area contributed by atoms with Gasteiger partial charge in [0.15, 0.2) is 5.11 Å². The quantitative estimate of drug-likeness (QED) is 0.838. The van der Waals surface area contributed by atoms with E-state index in [2.05, 4.69) is 47.2 Å². The van der Waals surface area contributed by atoms with Crippen LogP contribution in [-0.4, -0.2) is 41.1 Å². The molecule has 0 saturated carbocycles. The van der Waals surface area contributed by atoms with Crippen LogP contribution >= 0.6 is 12.2 Å². The second-order valence-corrected chi connectivity index (χ2v) is 7.02. The molecule has 0 amide bonds. The topological polar surface area (TPSA) is 18.5 Å². The minimum atomic E-state index is -0.184. The predicted molar refractivity (Wildman–Crippen MR) is 105 cm³/mol. The number of anilines is 1. The first-order valence-corrected chi connectivity index (χ1v) is 9.02. The van der Waals surface area contributed by atoms with E-state index in [0.717, 1.165) is 49.1 Å². The van der Waals surface area contributed by atoms with Crippen molar-refractivity contribution in [3.8, 4) is 0 Å². The van der Waals surface area contributed by atoms with Crippen LogP contribution in [0.2, 0.25) is 0 Å². The van der Waals surface area contributed by atoms with Gasteiger partial charge in [0, 0.05) is 38.4 Å². The maximum Gasteiger partial charge on any atom is 0.173 e. The van der Waals surface area contributed by atoms with Gasteiger partial charge >= 0.3 is 0 Å². The molecular weight excluding hydrogens is 333 g/mol. The molecule has 1 fully saturated rings. The molecule has 1 aliphatic heterocycles. The molecule has 5 heteroatoms. The van der Waals surface area contributed by atoms with Crippen molar-refractivity contribution in [1.82, 2.24) is 9.80 Å². The molecule has 0 aromatic heterocycles. The summed E-state index contributed by atoms with van der Waals surface area (Å²) in [6.45, 7) is 8.73. The molecule has 3 rings (SSSR count). The van der Waals surface area contributed by atoms with E-state index < -0.39 is 0 Å². The first-order chi connectivity index (χ1) is 12.0. The monoisotopic (exact) mass is 357 g/mol. The van der Waals surface area contributed by atoms with Crippen molar-refractivity contribution in [3.05, 3.63) is 65.0 Å². The van der Waals surface area contributed by atoms with Gasteiger partial charge in [0.25, 0.3) is 0 Å². The van der Waals surface area contributed by atoms with E-state index in [1.165, 1.54) is 23.3 Å². The number of rotatable bonds is 3. The van der Waals surface area contributed by atoms with Gasteiger partial charge in [-0.25, -0.2) is 4.39 Å². The molecule has 132 valence electrons. The number of thiocarbonyl (C=S) groups is 1. The summed E-state index contributed by atoms with van der Waals surface area (Å²) >= 11 is 5.60. The summed E-state index contributed by atoms with van der Waals surface area (Å²) in [5.41, 5.74) is 4.65. The maximum atomic E-state index is 13.0. The molecule has 0 unspecified atom stereocenters. The lowest BCUT2D eigenvalue weighted by molar-refractivity contribution is 0.177. The van der Waals surface area contributed by atoms with Gasteiger partial charge in [-0.15, -0.1) is 0 Å². The molecule has 0 atom stereocenters. The molecule has 1 aliphatic rings. The van der Waals surface area contributed by atoms with Crippen LogP contribution in [-0.2, 0) is 6.54 Å². The highest BCUT2D eigenvalue weighted by Gasteiger charge is 2.19. The predicted octanol–water partition coefficient (Wildman–Crippen LogP) is 3.96. The fourth-order valence-electron chi connectivity index (χ4n) is 3.02. The number of benzene rings is 2. The molecule has 0 radical (unpaired) electrons. The molecule has 0 bridgehead atoms.